The van der Waals surface area contributed by atoms with Crippen molar-refractivity contribution in [2.75, 3.05) is 0 Å². The molecule has 0 spiro atoms. The third-order valence-electron chi connectivity index (χ3n) is 2.16. The third kappa shape index (κ3) is 3.07. The van der Waals surface area contributed by atoms with E-state index in [4.69, 9.17) is 50.7 Å². The first-order chi connectivity index (χ1) is 8.99. The average Bonchev–Trinajstić information content (AvgIpc) is 2.36. The molecule has 0 aliphatic heterocycles. The lowest BCUT2D eigenvalue weighted by atomic mass is 10.3. The third-order valence-corrected chi connectivity index (χ3v) is 3.18. The molecule has 1 aromatic carbocycles. The minimum absolute atomic E-state index is 0.0651. The molecule has 98 valence electrons. The van der Waals surface area contributed by atoms with Crippen LogP contribution in [0, 0.1) is 5.41 Å². The Morgan fingerprint density at radius 1 is 1.16 bits per heavy atom. The molecule has 19 heavy (non-hydrogen) atoms. The zero-order valence-electron chi connectivity index (χ0n) is 9.32. The van der Waals surface area contributed by atoms with Crippen LogP contribution in [0.5, 0.6) is 11.6 Å². The number of amidine groups is 1. The highest BCUT2D eigenvalue weighted by Crippen LogP contribution is 2.36. The van der Waals surface area contributed by atoms with Crippen LogP contribution in [0.1, 0.15) is 5.56 Å². The van der Waals surface area contributed by atoms with Crippen LogP contribution in [0.15, 0.2) is 24.4 Å². The Labute approximate surface area is 123 Å². The van der Waals surface area contributed by atoms with Gasteiger partial charge >= 0.3 is 0 Å². The van der Waals surface area contributed by atoms with E-state index >= 15 is 0 Å². The summed E-state index contributed by atoms with van der Waals surface area (Å²) in [5.74, 6) is 0.121. The summed E-state index contributed by atoms with van der Waals surface area (Å²) in [5, 5.41) is 15.7. The lowest BCUT2D eigenvalue weighted by Crippen LogP contribution is -2.13. The number of ether oxygens (including phenoxy) is 1. The largest absolute Gasteiger partial charge is 0.435 e. The molecule has 0 atom stereocenters. The second-order valence-corrected chi connectivity index (χ2v) is 4.68. The number of benzene rings is 1. The Morgan fingerprint density at radius 3 is 2.53 bits per heavy atom. The van der Waals surface area contributed by atoms with Crippen molar-refractivity contribution < 1.29 is 4.74 Å². The van der Waals surface area contributed by atoms with Crippen molar-refractivity contribution in [3.63, 3.8) is 0 Å². The van der Waals surface area contributed by atoms with E-state index in [1.165, 1.54) is 24.4 Å². The number of nitrogens with one attached hydrogen (secondary N) is 1. The van der Waals surface area contributed by atoms with Gasteiger partial charge in [-0.15, -0.1) is 5.10 Å². The van der Waals surface area contributed by atoms with Crippen molar-refractivity contribution in [3.05, 3.63) is 45.0 Å². The minimum Gasteiger partial charge on any atom is -0.435 e. The molecule has 0 amide bonds. The molecule has 5 nitrogen and oxygen atoms in total. The summed E-state index contributed by atoms with van der Waals surface area (Å²) in [6, 6.07) is 4.41. The quantitative estimate of drug-likeness (QED) is 0.515. The molecule has 2 aromatic rings. The number of hydrogen-bond donors (Lipinski definition) is 2. The zero-order valence-corrected chi connectivity index (χ0v) is 11.6. The van der Waals surface area contributed by atoms with Crippen LogP contribution < -0.4 is 10.5 Å². The van der Waals surface area contributed by atoms with Crippen LogP contribution in [-0.2, 0) is 0 Å². The minimum atomic E-state index is -0.193. The average molecular weight is 318 g/mol. The number of aromatic nitrogens is 2. The van der Waals surface area contributed by atoms with Gasteiger partial charge in [0, 0.05) is 6.07 Å². The van der Waals surface area contributed by atoms with Crippen LogP contribution in [-0.4, -0.2) is 16.0 Å². The van der Waals surface area contributed by atoms with E-state index in [0.29, 0.717) is 10.6 Å². The maximum absolute atomic E-state index is 7.42. The van der Waals surface area contributed by atoms with E-state index in [0.717, 1.165) is 0 Å². The fourth-order valence-corrected chi connectivity index (χ4v) is 1.86. The van der Waals surface area contributed by atoms with Crippen molar-refractivity contribution >= 4 is 40.6 Å². The lowest BCUT2D eigenvalue weighted by Gasteiger charge is -2.10. The summed E-state index contributed by atoms with van der Waals surface area (Å²) in [4.78, 5) is 0. The summed E-state index contributed by atoms with van der Waals surface area (Å²) in [7, 11) is 0. The highest BCUT2D eigenvalue weighted by molar-refractivity contribution is 6.43. The molecular formula is C11H7Cl3N4O. The Hall–Kier alpha value is -1.56. The summed E-state index contributed by atoms with van der Waals surface area (Å²) in [6.45, 7) is 0. The summed E-state index contributed by atoms with van der Waals surface area (Å²) in [6.07, 6.45) is 1.40. The van der Waals surface area contributed by atoms with E-state index < -0.39 is 0 Å². The predicted molar refractivity (Wildman–Crippen MR) is 74.6 cm³/mol. The molecule has 0 radical (unpaired) electrons. The molecule has 8 heteroatoms. The maximum atomic E-state index is 7.42. The fraction of sp³-hybridized carbons (Fsp3) is 0. The van der Waals surface area contributed by atoms with Crippen LogP contribution in [0.3, 0.4) is 0 Å². The van der Waals surface area contributed by atoms with Gasteiger partial charge in [0.05, 0.1) is 26.8 Å². The van der Waals surface area contributed by atoms with Gasteiger partial charge in [-0.1, -0.05) is 34.8 Å². The van der Waals surface area contributed by atoms with Gasteiger partial charge in [-0.25, -0.2) is 0 Å². The predicted octanol–water partition coefficient (Wildman–Crippen LogP) is 3.51. The number of nitrogens with two attached hydrogens (primary N) is 1. The van der Waals surface area contributed by atoms with Crippen LogP contribution >= 0.6 is 34.8 Å². The highest BCUT2D eigenvalue weighted by Gasteiger charge is 2.13. The Kier molecular flexibility index (Phi) is 4.09. The topological polar surface area (TPSA) is 84.9 Å². The van der Waals surface area contributed by atoms with Gasteiger partial charge in [0.15, 0.2) is 0 Å². The second kappa shape index (κ2) is 5.61. The van der Waals surface area contributed by atoms with Gasteiger partial charge in [-0.3, -0.25) is 5.41 Å². The monoisotopic (exact) mass is 316 g/mol. The molecule has 0 aliphatic carbocycles. The molecule has 2 rings (SSSR count). The molecule has 0 bridgehead atoms. The molecule has 0 aliphatic rings. The van der Waals surface area contributed by atoms with Crippen molar-refractivity contribution in [1.82, 2.24) is 10.2 Å². The Balaban J connectivity index is 2.42. The smallest absolute Gasteiger partial charge is 0.249 e. The van der Waals surface area contributed by atoms with E-state index in [1.807, 2.05) is 0 Å². The molecule has 3 N–H and O–H groups in total. The van der Waals surface area contributed by atoms with Crippen LogP contribution in [0.4, 0.5) is 0 Å². The number of nitrogens with zero attached hydrogens (tertiary/aromatic N) is 2. The number of halogens is 3. The molecule has 0 saturated carbocycles. The lowest BCUT2D eigenvalue weighted by molar-refractivity contribution is 0.454. The standard InChI is InChI=1S/C11H7Cl3N4O/c12-6-3-8(14)9(4-7(6)13)19-11-5(10(15)16)1-2-17-18-11/h1-4H,(H3,15,16). The molecular weight excluding hydrogens is 311 g/mol. The van der Waals surface area contributed by atoms with Gasteiger partial charge in [-0.05, 0) is 12.1 Å². The molecule has 1 heterocycles. The normalized spacial score (nSPS) is 10.3. The van der Waals surface area contributed by atoms with Gasteiger partial charge in [0.2, 0.25) is 5.88 Å². The van der Waals surface area contributed by atoms with E-state index in [-0.39, 0.29) is 27.5 Å². The zero-order chi connectivity index (χ0) is 14.0. The number of nitrogen functional groups attached to an aromatic ring is 1. The van der Waals surface area contributed by atoms with Crippen molar-refractivity contribution in [2.45, 2.75) is 0 Å². The van der Waals surface area contributed by atoms with Crippen molar-refractivity contribution in [1.29, 1.82) is 5.41 Å². The highest BCUT2D eigenvalue weighted by atomic mass is 35.5. The Morgan fingerprint density at radius 2 is 1.84 bits per heavy atom. The summed E-state index contributed by atoms with van der Waals surface area (Å²) >= 11 is 17.7. The summed E-state index contributed by atoms with van der Waals surface area (Å²) in [5.41, 5.74) is 5.72. The van der Waals surface area contributed by atoms with E-state index in [9.17, 15) is 0 Å². The fourth-order valence-electron chi connectivity index (χ4n) is 1.29. The molecule has 1 aromatic heterocycles. The summed E-state index contributed by atoms with van der Waals surface area (Å²) < 4.78 is 5.47. The first-order valence-electron chi connectivity index (χ1n) is 4.97. The van der Waals surface area contributed by atoms with Crippen LogP contribution in [0.25, 0.3) is 0 Å². The van der Waals surface area contributed by atoms with Crippen molar-refractivity contribution in [2.24, 2.45) is 5.73 Å². The van der Waals surface area contributed by atoms with E-state index in [1.54, 1.807) is 0 Å². The molecule has 0 fully saturated rings. The van der Waals surface area contributed by atoms with Crippen molar-refractivity contribution in [3.8, 4) is 11.6 Å². The second-order valence-electron chi connectivity index (χ2n) is 3.46. The maximum Gasteiger partial charge on any atom is 0.249 e. The van der Waals surface area contributed by atoms with Gasteiger partial charge in [0.1, 0.15) is 11.6 Å². The number of rotatable bonds is 3. The Bertz CT molecular complexity index is 648. The van der Waals surface area contributed by atoms with Gasteiger partial charge < -0.3 is 10.5 Å². The van der Waals surface area contributed by atoms with Gasteiger partial charge in [0.25, 0.3) is 0 Å². The molecule has 0 unspecified atom stereocenters. The van der Waals surface area contributed by atoms with Gasteiger partial charge in [-0.2, -0.15) is 5.10 Å². The van der Waals surface area contributed by atoms with E-state index in [2.05, 4.69) is 10.2 Å². The SMILES string of the molecule is N=C(N)c1ccnnc1Oc1cc(Cl)c(Cl)cc1Cl. The molecule has 0 saturated heterocycles. The van der Waals surface area contributed by atoms with Crippen LogP contribution in [0.2, 0.25) is 15.1 Å². The first-order valence-corrected chi connectivity index (χ1v) is 6.11. The first kappa shape index (κ1) is 13.9. The number of hydrogen-bond acceptors (Lipinski definition) is 4.